The highest BCUT2D eigenvalue weighted by Crippen LogP contribution is 2.08. The maximum Gasteiger partial charge on any atom is 0.232 e. The number of pyridine rings is 1. The Morgan fingerprint density at radius 3 is 2.64 bits per heavy atom. The lowest BCUT2D eigenvalue weighted by Gasteiger charge is -2.00. The topological polar surface area (TPSA) is 56.3 Å². The quantitative estimate of drug-likeness (QED) is 0.736. The summed E-state index contributed by atoms with van der Waals surface area (Å²) in [6.07, 6.45) is 1.93. The molecule has 1 aromatic rings. The normalized spacial score (nSPS) is 11.3. The molecule has 1 aromatic heterocycles. The van der Waals surface area contributed by atoms with Crippen molar-refractivity contribution in [2.24, 2.45) is 0 Å². The number of methoxy groups -OCH3 is 1. The highest BCUT2D eigenvalue weighted by atomic mass is 35.7. The predicted octanol–water partition coefficient (Wildman–Crippen LogP) is 1.20. The van der Waals surface area contributed by atoms with E-state index in [2.05, 4.69) is 4.98 Å². The Bertz CT molecular complexity index is 388. The van der Waals surface area contributed by atoms with Gasteiger partial charge in [-0.3, -0.25) is 0 Å². The fourth-order valence-corrected chi connectivity index (χ4v) is 1.63. The second-order valence-corrected chi connectivity index (χ2v) is 5.60. The van der Waals surface area contributed by atoms with Gasteiger partial charge in [0.15, 0.2) is 0 Å². The van der Waals surface area contributed by atoms with Gasteiger partial charge in [0.2, 0.25) is 14.9 Å². The molecule has 1 heterocycles. The Hall–Kier alpha value is -0.810. The van der Waals surface area contributed by atoms with Crippen LogP contribution in [0.5, 0.6) is 5.88 Å². The maximum atomic E-state index is 10.6. The van der Waals surface area contributed by atoms with Crippen molar-refractivity contribution in [1.82, 2.24) is 4.98 Å². The summed E-state index contributed by atoms with van der Waals surface area (Å²) in [4.78, 5) is 3.94. The van der Waals surface area contributed by atoms with Gasteiger partial charge in [0, 0.05) is 22.9 Å². The van der Waals surface area contributed by atoms with Crippen molar-refractivity contribution in [3.63, 3.8) is 0 Å². The van der Waals surface area contributed by atoms with Gasteiger partial charge in [0.25, 0.3) is 0 Å². The van der Waals surface area contributed by atoms with Gasteiger partial charge in [-0.2, -0.15) is 0 Å². The summed E-state index contributed by atoms with van der Waals surface area (Å²) in [7, 11) is 3.16. The van der Waals surface area contributed by atoms with E-state index in [4.69, 9.17) is 15.4 Å². The molecule has 78 valence electrons. The molecule has 0 N–H and O–H groups in total. The molecule has 6 heteroatoms. The molecular weight excluding hydrogens is 226 g/mol. The molecule has 0 atom stereocenters. The third-order valence-electron chi connectivity index (χ3n) is 1.64. The van der Waals surface area contributed by atoms with E-state index >= 15 is 0 Å². The third-order valence-corrected chi connectivity index (χ3v) is 2.80. The zero-order valence-corrected chi connectivity index (χ0v) is 9.18. The minimum absolute atomic E-state index is 0.0808. The Balaban J connectivity index is 2.61. The van der Waals surface area contributed by atoms with Crippen LogP contribution in [0, 0.1) is 0 Å². The van der Waals surface area contributed by atoms with Crippen molar-refractivity contribution in [3.05, 3.63) is 23.9 Å². The number of ether oxygens (including phenoxy) is 1. The average molecular weight is 236 g/mol. The van der Waals surface area contributed by atoms with Crippen LogP contribution < -0.4 is 4.74 Å². The van der Waals surface area contributed by atoms with E-state index in [0.717, 1.165) is 5.56 Å². The Labute approximate surface area is 87.3 Å². The summed E-state index contributed by atoms with van der Waals surface area (Å²) >= 11 is 0. The minimum Gasteiger partial charge on any atom is -0.481 e. The standard InChI is InChI=1S/C8H10ClNO3S/c1-13-8-3-2-7(6-10-8)4-5-14(9,11)12/h2-3,6H,4-5H2,1H3. The zero-order valence-electron chi connectivity index (χ0n) is 7.60. The zero-order chi connectivity index (χ0) is 10.6. The fourth-order valence-electron chi connectivity index (χ4n) is 0.919. The molecule has 14 heavy (non-hydrogen) atoms. The highest BCUT2D eigenvalue weighted by Gasteiger charge is 2.05. The van der Waals surface area contributed by atoms with E-state index < -0.39 is 9.05 Å². The SMILES string of the molecule is COc1ccc(CCS(=O)(=O)Cl)cn1. The van der Waals surface area contributed by atoms with Gasteiger partial charge < -0.3 is 4.74 Å². The number of aromatic nitrogens is 1. The molecule has 0 saturated heterocycles. The molecule has 0 bridgehead atoms. The molecule has 4 nitrogen and oxygen atoms in total. The summed E-state index contributed by atoms with van der Waals surface area (Å²) in [5.74, 6) is 0.422. The van der Waals surface area contributed by atoms with E-state index in [1.807, 2.05) is 0 Å². The lowest BCUT2D eigenvalue weighted by atomic mass is 10.2. The van der Waals surface area contributed by atoms with E-state index in [1.165, 1.54) is 7.11 Å². The number of halogens is 1. The number of hydrogen-bond donors (Lipinski definition) is 0. The van der Waals surface area contributed by atoms with E-state index in [9.17, 15) is 8.42 Å². The molecule has 0 aliphatic carbocycles. The monoisotopic (exact) mass is 235 g/mol. The second kappa shape index (κ2) is 4.61. The fraction of sp³-hybridized carbons (Fsp3) is 0.375. The van der Waals surface area contributed by atoms with Gasteiger partial charge in [0.1, 0.15) is 0 Å². The van der Waals surface area contributed by atoms with Crippen molar-refractivity contribution >= 4 is 19.7 Å². The van der Waals surface area contributed by atoms with Crippen molar-refractivity contribution in [2.45, 2.75) is 6.42 Å². The van der Waals surface area contributed by atoms with Crippen molar-refractivity contribution in [1.29, 1.82) is 0 Å². The van der Waals surface area contributed by atoms with Gasteiger partial charge >= 0.3 is 0 Å². The Kier molecular flexibility index (Phi) is 3.71. The molecule has 0 saturated carbocycles. The first kappa shape index (κ1) is 11.3. The summed E-state index contributed by atoms with van der Waals surface area (Å²) in [5, 5.41) is 0. The molecule has 1 rings (SSSR count). The lowest BCUT2D eigenvalue weighted by molar-refractivity contribution is 0.397. The Morgan fingerprint density at radius 1 is 1.50 bits per heavy atom. The van der Waals surface area contributed by atoms with Gasteiger partial charge in [-0.05, 0) is 12.0 Å². The van der Waals surface area contributed by atoms with Crippen LogP contribution in [0.3, 0.4) is 0 Å². The van der Waals surface area contributed by atoms with Gasteiger partial charge in [-0.15, -0.1) is 0 Å². The predicted molar refractivity (Wildman–Crippen MR) is 54.1 cm³/mol. The molecule has 0 fully saturated rings. The van der Waals surface area contributed by atoms with Crippen LogP contribution in [-0.4, -0.2) is 26.3 Å². The summed E-state index contributed by atoms with van der Waals surface area (Å²) in [5.41, 5.74) is 0.815. The molecule has 0 radical (unpaired) electrons. The van der Waals surface area contributed by atoms with Crippen LogP contribution in [0.25, 0.3) is 0 Å². The molecule has 0 spiro atoms. The van der Waals surface area contributed by atoms with Gasteiger partial charge in [-0.1, -0.05) is 6.07 Å². The van der Waals surface area contributed by atoms with Gasteiger partial charge in [0.05, 0.1) is 12.9 Å². The van der Waals surface area contributed by atoms with Crippen LogP contribution >= 0.6 is 10.7 Å². The van der Waals surface area contributed by atoms with E-state index in [-0.39, 0.29) is 5.75 Å². The number of rotatable bonds is 4. The largest absolute Gasteiger partial charge is 0.481 e. The summed E-state index contributed by atoms with van der Waals surface area (Å²) in [6.45, 7) is 0. The smallest absolute Gasteiger partial charge is 0.232 e. The maximum absolute atomic E-state index is 10.6. The van der Waals surface area contributed by atoms with Crippen LogP contribution in [0.2, 0.25) is 0 Å². The summed E-state index contributed by atoms with van der Waals surface area (Å²) < 4.78 is 26.2. The Morgan fingerprint density at radius 2 is 2.21 bits per heavy atom. The van der Waals surface area contributed by atoms with Crippen LogP contribution in [0.15, 0.2) is 18.3 Å². The minimum atomic E-state index is -3.42. The van der Waals surface area contributed by atoms with Crippen molar-refractivity contribution in [3.8, 4) is 5.88 Å². The molecule has 0 aliphatic rings. The van der Waals surface area contributed by atoms with Crippen molar-refractivity contribution in [2.75, 3.05) is 12.9 Å². The highest BCUT2D eigenvalue weighted by molar-refractivity contribution is 8.13. The average Bonchev–Trinajstić information content (AvgIpc) is 2.14. The van der Waals surface area contributed by atoms with Crippen molar-refractivity contribution < 1.29 is 13.2 Å². The molecule has 0 amide bonds. The van der Waals surface area contributed by atoms with Crippen LogP contribution in [0.1, 0.15) is 5.56 Å². The first-order valence-electron chi connectivity index (χ1n) is 3.92. The van der Waals surface area contributed by atoms with Crippen LogP contribution in [-0.2, 0) is 15.5 Å². The summed E-state index contributed by atoms with van der Waals surface area (Å²) in [6, 6.07) is 3.43. The number of aryl methyl sites for hydroxylation is 1. The molecular formula is C8H10ClNO3S. The first-order chi connectivity index (χ1) is 6.51. The number of hydrogen-bond acceptors (Lipinski definition) is 4. The second-order valence-electron chi connectivity index (χ2n) is 2.70. The van der Waals surface area contributed by atoms with E-state index in [1.54, 1.807) is 18.3 Å². The molecule has 0 aliphatic heterocycles. The number of nitrogens with zero attached hydrogens (tertiary/aromatic N) is 1. The van der Waals surface area contributed by atoms with E-state index in [0.29, 0.717) is 12.3 Å². The van der Waals surface area contributed by atoms with Gasteiger partial charge in [-0.25, -0.2) is 13.4 Å². The first-order valence-corrected chi connectivity index (χ1v) is 6.40. The molecule has 0 unspecified atom stereocenters. The lowest BCUT2D eigenvalue weighted by Crippen LogP contribution is -2.01. The third kappa shape index (κ3) is 3.93. The molecule has 0 aromatic carbocycles. The van der Waals surface area contributed by atoms with Crippen LogP contribution in [0.4, 0.5) is 0 Å².